The highest BCUT2D eigenvalue weighted by atomic mass is 15.2. The Morgan fingerprint density at radius 3 is 2.37 bits per heavy atom. The summed E-state index contributed by atoms with van der Waals surface area (Å²) in [6.07, 6.45) is 5.58. The second-order valence-electron chi connectivity index (χ2n) is 7.52. The first-order valence-electron chi connectivity index (χ1n) is 8.44. The number of likely N-dealkylation sites (tertiary alicyclic amines) is 1. The minimum Gasteiger partial charge on any atom is -0.315 e. The first-order valence-corrected chi connectivity index (χ1v) is 8.44. The maximum atomic E-state index is 3.60. The van der Waals surface area contributed by atoms with E-state index in [-0.39, 0.29) is 0 Å². The average Bonchev–Trinajstić information content (AvgIpc) is 2.41. The second kappa shape index (κ2) is 6.58. The quantitative estimate of drug-likeness (QED) is 0.842. The van der Waals surface area contributed by atoms with Crippen molar-refractivity contribution in [3.63, 3.8) is 0 Å². The lowest BCUT2D eigenvalue weighted by atomic mass is 9.75. The summed E-state index contributed by atoms with van der Waals surface area (Å²) < 4.78 is 0. The molecule has 2 fully saturated rings. The van der Waals surface area contributed by atoms with Crippen LogP contribution in [0.4, 0.5) is 0 Å². The lowest BCUT2D eigenvalue weighted by molar-refractivity contribution is 0.0382. The second-order valence-corrected chi connectivity index (χ2v) is 7.52. The third-order valence-corrected chi connectivity index (χ3v) is 6.01. The van der Waals surface area contributed by atoms with Gasteiger partial charge in [-0.3, -0.25) is 4.90 Å². The Bertz CT molecular complexity index is 276. The maximum absolute atomic E-state index is 3.60. The molecule has 1 heterocycles. The number of nitrogens with one attached hydrogen (secondary N) is 1. The summed E-state index contributed by atoms with van der Waals surface area (Å²) in [7, 11) is 2.16. The molecule has 5 atom stereocenters. The van der Waals surface area contributed by atoms with Crippen LogP contribution in [0.1, 0.15) is 53.4 Å². The van der Waals surface area contributed by atoms with Crippen molar-refractivity contribution in [2.75, 3.05) is 20.1 Å². The molecule has 0 aromatic carbocycles. The predicted molar refractivity (Wildman–Crippen MR) is 83.3 cm³/mol. The molecule has 1 saturated heterocycles. The van der Waals surface area contributed by atoms with E-state index >= 15 is 0 Å². The minimum atomic E-state index is 0.718. The first-order chi connectivity index (χ1) is 9.02. The SMILES string of the molecule is CNC1CCC(C(C)C)CC1N1CCC(C)C(C)C1. The lowest BCUT2D eigenvalue weighted by Gasteiger charge is -2.47. The topological polar surface area (TPSA) is 15.3 Å². The van der Waals surface area contributed by atoms with Gasteiger partial charge in [-0.05, 0) is 62.9 Å². The van der Waals surface area contributed by atoms with Crippen LogP contribution in [0.2, 0.25) is 0 Å². The summed E-state index contributed by atoms with van der Waals surface area (Å²) in [5, 5.41) is 3.60. The Kier molecular flexibility index (Phi) is 5.30. The van der Waals surface area contributed by atoms with E-state index in [1.807, 2.05) is 0 Å². The molecule has 0 aromatic rings. The van der Waals surface area contributed by atoms with E-state index in [1.54, 1.807) is 0 Å². The summed E-state index contributed by atoms with van der Waals surface area (Å²) in [5.74, 6) is 3.56. The Labute approximate surface area is 120 Å². The number of rotatable bonds is 3. The fourth-order valence-corrected chi connectivity index (χ4v) is 4.12. The maximum Gasteiger partial charge on any atom is 0.0252 e. The molecule has 2 aliphatic rings. The van der Waals surface area contributed by atoms with Crippen LogP contribution in [-0.2, 0) is 0 Å². The third-order valence-electron chi connectivity index (χ3n) is 6.01. The average molecular weight is 266 g/mol. The highest BCUT2D eigenvalue weighted by Gasteiger charge is 2.36. The summed E-state index contributed by atoms with van der Waals surface area (Å²) in [6, 6.07) is 1.50. The molecule has 0 aromatic heterocycles. The molecule has 0 spiro atoms. The smallest absolute Gasteiger partial charge is 0.0252 e. The van der Waals surface area contributed by atoms with Gasteiger partial charge in [-0.2, -0.15) is 0 Å². The molecule has 2 heteroatoms. The highest BCUT2D eigenvalue weighted by Crippen LogP contribution is 2.35. The van der Waals surface area contributed by atoms with Crippen LogP contribution in [0, 0.1) is 23.7 Å². The third kappa shape index (κ3) is 3.52. The van der Waals surface area contributed by atoms with E-state index in [9.17, 15) is 0 Å². The molecule has 1 aliphatic carbocycles. The van der Waals surface area contributed by atoms with E-state index in [2.05, 4.69) is 45.0 Å². The fraction of sp³-hybridized carbons (Fsp3) is 1.00. The van der Waals surface area contributed by atoms with Crippen molar-refractivity contribution < 1.29 is 0 Å². The molecule has 0 bridgehead atoms. The molecule has 1 N–H and O–H groups in total. The summed E-state index contributed by atoms with van der Waals surface area (Å²) in [5.41, 5.74) is 0. The van der Waals surface area contributed by atoms with Gasteiger partial charge in [-0.1, -0.05) is 27.7 Å². The lowest BCUT2D eigenvalue weighted by Crippen LogP contribution is -2.56. The van der Waals surface area contributed by atoms with Crippen molar-refractivity contribution >= 4 is 0 Å². The number of likely N-dealkylation sites (N-methyl/N-ethyl adjacent to an activating group) is 1. The van der Waals surface area contributed by atoms with Crippen molar-refractivity contribution in [2.24, 2.45) is 23.7 Å². The Morgan fingerprint density at radius 1 is 1.05 bits per heavy atom. The van der Waals surface area contributed by atoms with Crippen LogP contribution in [0.15, 0.2) is 0 Å². The molecule has 2 rings (SSSR count). The zero-order valence-corrected chi connectivity index (χ0v) is 13.7. The monoisotopic (exact) mass is 266 g/mol. The molecule has 1 aliphatic heterocycles. The van der Waals surface area contributed by atoms with Gasteiger partial charge in [0.15, 0.2) is 0 Å². The fourth-order valence-electron chi connectivity index (χ4n) is 4.12. The van der Waals surface area contributed by atoms with Crippen LogP contribution in [0.3, 0.4) is 0 Å². The number of piperidine rings is 1. The summed E-state index contributed by atoms with van der Waals surface area (Å²) >= 11 is 0. The molecule has 112 valence electrons. The molecular formula is C17H34N2. The Balaban J connectivity index is 2.01. The van der Waals surface area contributed by atoms with Gasteiger partial charge < -0.3 is 5.32 Å². The number of hydrogen-bond donors (Lipinski definition) is 1. The van der Waals surface area contributed by atoms with Gasteiger partial charge in [0.25, 0.3) is 0 Å². The van der Waals surface area contributed by atoms with Gasteiger partial charge in [-0.15, -0.1) is 0 Å². The van der Waals surface area contributed by atoms with Gasteiger partial charge in [0, 0.05) is 18.6 Å². The summed E-state index contributed by atoms with van der Waals surface area (Å²) in [4.78, 5) is 2.81. The van der Waals surface area contributed by atoms with Crippen molar-refractivity contribution in [3.8, 4) is 0 Å². The van der Waals surface area contributed by atoms with E-state index in [0.29, 0.717) is 0 Å². The first kappa shape index (κ1) is 15.3. The van der Waals surface area contributed by atoms with Crippen LogP contribution in [0.5, 0.6) is 0 Å². The Hall–Kier alpha value is -0.0800. The zero-order valence-electron chi connectivity index (χ0n) is 13.7. The zero-order chi connectivity index (χ0) is 14.0. The van der Waals surface area contributed by atoms with Crippen LogP contribution in [-0.4, -0.2) is 37.1 Å². The van der Waals surface area contributed by atoms with Crippen LogP contribution >= 0.6 is 0 Å². The van der Waals surface area contributed by atoms with E-state index in [1.165, 1.54) is 38.8 Å². The largest absolute Gasteiger partial charge is 0.315 e. The molecule has 19 heavy (non-hydrogen) atoms. The van der Waals surface area contributed by atoms with Gasteiger partial charge in [0.2, 0.25) is 0 Å². The Morgan fingerprint density at radius 2 is 1.79 bits per heavy atom. The van der Waals surface area contributed by atoms with E-state index < -0.39 is 0 Å². The van der Waals surface area contributed by atoms with Crippen molar-refractivity contribution in [3.05, 3.63) is 0 Å². The number of hydrogen-bond acceptors (Lipinski definition) is 2. The van der Waals surface area contributed by atoms with Crippen molar-refractivity contribution in [2.45, 2.75) is 65.5 Å². The van der Waals surface area contributed by atoms with Gasteiger partial charge in [0.1, 0.15) is 0 Å². The molecule has 0 radical (unpaired) electrons. The van der Waals surface area contributed by atoms with Crippen LogP contribution < -0.4 is 5.32 Å². The van der Waals surface area contributed by atoms with Crippen molar-refractivity contribution in [1.29, 1.82) is 0 Å². The van der Waals surface area contributed by atoms with Crippen LogP contribution in [0.25, 0.3) is 0 Å². The van der Waals surface area contributed by atoms with E-state index in [0.717, 1.165) is 35.8 Å². The predicted octanol–water partition coefficient (Wildman–Crippen LogP) is 3.38. The van der Waals surface area contributed by atoms with Crippen molar-refractivity contribution in [1.82, 2.24) is 10.2 Å². The summed E-state index contributed by atoms with van der Waals surface area (Å²) in [6.45, 7) is 12.3. The van der Waals surface area contributed by atoms with Gasteiger partial charge in [-0.25, -0.2) is 0 Å². The van der Waals surface area contributed by atoms with Gasteiger partial charge >= 0.3 is 0 Å². The molecule has 1 saturated carbocycles. The minimum absolute atomic E-state index is 0.718. The molecule has 2 nitrogen and oxygen atoms in total. The molecular weight excluding hydrogens is 232 g/mol. The standard InChI is InChI=1S/C17H34N2/c1-12(2)15-6-7-16(18-5)17(10-15)19-9-8-13(3)14(4)11-19/h12-18H,6-11H2,1-5H3. The van der Waals surface area contributed by atoms with E-state index in [4.69, 9.17) is 0 Å². The molecule has 0 amide bonds. The van der Waals surface area contributed by atoms with Gasteiger partial charge in [0.05, 0.1) is 0 Å². The highest BCUT2D eigenvalue weighted by molar-refractivity contribution is 4.93. The molecule has 5 unspecified atom stereocenters. The number of nitrogens with zero attached hydrogens (tertiary/aromatic N) is 1. The normalized spacial score (nSPS) is 41.7.